The molecule has 3 N–H and O–H groups in total. The molecule has 0 saturated carbocycles. The van der Waals surface area contributed by atoms with Gasteiger partial charge in [0.25, 0.3) is 0 Å². The van der Waals surface area contributed by atoms with Gasteiger partial charge < -0.3 is 15.7 Å². The number of rotatable bonds is 5. The second-order valence-corrected chi connectivity index (χ2v) is 5.88. The Labute approximate surface area is 120 Å². The van der Waals surface area contributed by atoms with E-state index in [1.54, 1.807) is 0 Å². The molecule has 1 aliphatic heterocycles. The minimum Gasteiger partial charge on any atom is -0.396 e. The molecule has 2 rings (SSSR count). The molecule has 4 heteroatoms. The summed E-state index contributed by atoms with van der Waals surface area (Å²) in [5.41, 5.74) is 7.31. The quantitative estimate of drug-likeness (QED) is 0.872. The molecule has 19 heavy (non-hydrogen) atoms. The Morgan fingerprint density at radius 1 is 1.47 bits per heavy atom. The first kappa shape index (κ1) is 14.8. The van der Waals surface area contributed by atoms with Crippen molar-refractivity contribution in [3.63, 3.8) is 0 Å². The zero-order chi connectivity index (χ0) is 13.7. The van der Waals surface area contributed by atoms with Gasteiger partial charge in [0.2, 0.25) is 0 Å². The van der Waals surface area contributed by atoms with E-state index in [0.717, 1.165) is 43.1 Å². The van der Waals surface area contributed by atoms with Crippen molar-refractivity contribution in [3.8, 4) is 0 Å². The van der Waals surface area contributed by atoms with Crippen LogP contribution in [0.25, 0.3) is 0 Å². The number of benzene rings is 1. The van der Waals surface area contributed by atoms with E-state index in [-0.39, 0.29) is 6.04 Å². The SMILES string of the molecule is NC(CCN1CCCC(CO)C1)c1cccc(Cl)c1. The smallest absolute Gasteiger partial charge is 0.0471 e. The van der Waals surface area contributed by atoms with E-state index in [1.807, 2.05) is 24.3 Å². The van der Waals surface area contributed by atoms with Crippen LogP contribution in [0.15, 0.2) is 24.3 Å². The minimum atomic E-state index is 0.0354. The highest BCUT2D eigenvalue weighted by molar-refractivity contribution is 6.30. The van der Waals surface area contributed by atoms with Crippen molar-refractivity contribution in [3.05, 3.63) is 34.9 Å². The van der Waals surface area contributed by atoms with Gasteiger partial charge in [0, 0.05) is 24.2 Å². The van der Waals surface area contributed by atoms with E-state index < -0.39 is 0 Å². The number of piperidine rings is 1. The van der Waals surface area contributed by atoms with E-state index >= 15 is 0 Å². The predicted molar refractivity (Wildman–Crippen MR) is 79.2 cm³/mol. The van der Waals surface area contributed by atoms with E-state index in [9.17, 15) is 5.11 Å². The highest BCUT2D eigenvalue weighted by Crippen LogP contribution is 2.21. The molecule has 0 spiro atoms. The van der Waals surface area contributed by atoms with Crippen molar-refractivity contribution < 1.29 is 5.11 Å². The summed E-state index contributed by atoms with van der Waals surface area (Å²) in [5, 5.41) is 9.97. The molecule has 0 radical (unpaired) electrons. The Hall–Kier alpha value is -0.610. The highest BCUT2D eigenvalue weighted by atomic mass is 35.5. The third kappa shape index (κ3) is 4.46. The molecule has 1 aromatic carbocycles. The molecule has 1 heterocycles. The van der Waals surface area contributed by atoms with Crippen molar-refractivity contribution in [2.45, 2.75) is 25.3 Å². The Kier molecular flexibility index (Phi) is 5.64. The third-order valence-corrected chi connectivity index (χ3v) is 4.13. The van der Waals surface area contributed by atoms with Crippen LogP contribution < -0.4 is 5.73 Å². The number of hydrogen-bond acceptors (Lipinski definition) is 3. The lowest BCUT2D eigenvalue weighted by Gasteiger charge is -2.32. The molecule has 3 nitrogen and oxygen atoms in total. The molecule has 1 aromatic rings. The fourth-order valence-corrected chi connectivity index (χ4v) is 2.93. The topological polar surface area (TPSA) is 49.5 Å². The van der Waals surface area contributed by atoms with Gasteiger partial charge in [-0.15, -0.1) is 0 Å². The van der Waals surface area contributed by atoms with Gasteiger partial charge in [0.15, 0.2) is 0 Å². The lowest BCUT2D eigenvalue weighted by atomic mass is 9.98. The summed E-state index contributed by atoms with van der Waals surface area (Å²) in [6, 6.07) is 7.82. The van der Waals surface area contributed by atoms with E-state index in [2.05, 4.69) is 4.90 Å². The lowest BCUT2D eigenvalue weighted by Crippen LogP contribution is -2.38. The fourth-order valence-electron chi connectivity index (χ4n) is 2.73. The number of halogens is 1. The first-order chi connectivity index (χ1) is 9.19. The third-order valence-electron chi connectivity index (χ3n) is 3.89. The van der Waals surface area contributed by atoms with E-state index in [0.29, 0.717) is 12.5 Å². The molecular weight excluding hydrogens is 260 g/mol. The second-order valence-electron chi connectivity index (χ2n) is 5.44. The van der Waals surface area contributed by atoms with Gasteiger partial charge in [-0.25, -0.2) is 0 Å². The van der Waals surface area contributed by atoms with Gasteiger partial charge in [-0.1, -0.05) is 23.7 Å². The first-order valence-electron chi connectivity index (χ1n) is 7.03. The number of nitrogens with two attached hydrogens (primary N) is 1. The number of hydrogen-bond donors (Lipinski definition) is 2. The van der Waals surface area contributed by atoms with Crippen LogP contribution in [-0.2, 0) is 0 Å². The van der Waals surface area contributed by atoms with Gasteiger partial charge in [0.1, 0.15) is 0 Å². The Morgan fingerprint density at radius 2 is 2.32 bits per heavy atom. The van der Waals surface area contributed by atoms with Crippen LogP contribution in [0.5, 0.6) is 0 Å². The maximum atomic E-state index is 9.23. The predicted octanol–water partition coefficient (Wildman–Crippen LogP) is 2.43. The summed E-state index contributed by atoms with van der Waals surface area (Å²) in [7, 11) is 0. The number of nitrogens with zero attached hydrogens (tertiary/aromatic N) is 1. The summed E-state index contributed by atoms with van der Waals surface area (Å²) in [6.45, 7) is 3.42. The van der Waals surface area contributed by atoms with Crippen LogP contribution in [0, 0.1) is 5.92 Å². The summed E-state index contributed by atoms with van der Waals surface area (Å²) >= 11 is 5.98. The minimum absolute atomic E-state index is 0.0354. The van der Waals surface area contributed by atoms with Crippen molar-refractivity contribution in [2.24, 2.45) is 11.7 Å². The Balaban J connectivity index is 1.81. The Bertz CT molecular complexity index is 399. The molecule has 0 aliphatic carbocycles. The summed E-state index contributed by atoms with van der Waals surface area (Å²) in [4.78, 5) is 2.41. The van der Waals surface area contributed by atoms with E-state index in [1.165, 1.54) is 6.42 Å². The highest BCUT2D eigenvalue weighted by Gasteiger charge is 2.19. The molecular formula is C15H23ClN2O. The van der Waals surface area contributed by atoms with Crippen molar-refractivity contribution >= 4 is 11.6 Å². The number of likely N-dealkylation sites (tertiary alicyclic amines) is 1. The lowest BCUT2D eigenvalue weighted by molar-refractivity contribution is 0.118. The van der Waals surface area contributed by atoms with Gasteiger partial charge in [-0.05, 0) is 56.0 Å². The van der Waals surface area contributed by atoms with Crippen molar-refractivity contribution in [1.29, 1.82) is 0 Å². The van der Waals surface area contributed by atoms with Crippen molar-refractivity contribution in [2.75, 3.05) is 26.2 Å². The van der Waals surface area contributed by atoms with Crippen LogP contribution >= 0.6 is 11.6 Å². The van der Waals surface area contributed by atoms with Crippen LogP contribution in [0.3, 0.4) is 0 Å². The maximum Gasteiger partial charge on any atom is 0.0471 e. The molecule has 1 aliphatic rings. The molecule has 0 bridgehead atoms. The first-order valence-corrected chi connectivity index (χ1v) is 7.41. The molecule has 0 aromatic heterocycles. The zero-order valence-corrected chi connectivity index (χ0v) is 12.0. The average molecular weight is 283 g/mol. The summed E-state index contributed by atoms with van der Waals surface area (Å²) < 4.78 is 0. The van der Waals surface area contributed by atoms with Gasteiger partial charge in [0.05, 0.1) is 0 Å². The van der Waals surface area contributed by atoms with Crippen LogP contribution in [-0.4, -0.2) is 36.2 Å². The molecule has 106 valence electrons. The fraction of sp³-hybridized carbons (Fsp3) is 0.600. The standard InChI is InChI=1S/C15H23ClN2O/c16-14-5-1-4-13(9-14)15(17)6-8-18-7-2-3-12(10-18)11-19/h1,4-5,9,12,15,19H,2-3,6-8,10-11,17H2. The Morgan fingerprint density at radius 3 is 3.05 bits per heavy atom. The van der Waals surface area contributed by atoms with Gasteiger partial charge in [-0.2, -0.15) is 0 Å². The van der Waals surface area contributed by atoms with Crippen LogP contribution in [0.2, 0.25) is 5.02 Å². The molecule has 1 fully saturated rings. The molecule has 0 amide bonds. The van der Waals surface area contributed by atoms with Crippen LogP contribution in [0.1, 0.15) is 30.9 Å². The summed E-state index contributed by atoms with van der Waals surface area (Å²) in [5.74, 6) is 0.441. The molecule has 2 atom stereocenters. The zero-order valence-electron chi connectivity index (χ0n) is 11.3. The van der Waals surface area contributed by atoms with Crippen LogP contribution in [0.4, 0.5) is 0 Å². The largest absolute Gasteiger partial charge is 0.396 e. The number of aliphatic hydroxyl groups excluding tert-OH is 1. The number of aliphatic hydroxyl groups is 1. The van der Waals surface area contributed by atoms with Gasteiger partial charge in [-0.3, -0.25) is 0 Å². The molecule has 2 unspecified atom stereocenters. The second kappa shape index (κ2) is 7.25. The maximum absolute atomic E-state index is 9.23. The monoisotopic (exact) mass is 282 g/mol. The van der Waals surface area contributed by atoms with Crippen molar-refractivity contribution in [1.82, 2.24) is 4.90 Å². The van der Waals surface area contributed by atoms with Gasteiger partial charge >= 0.3 is 0 Å². The van der Waals surface area contributed by atoms with E-state index in [4.69, 9.17) is 17.3 Å². The molecule has 1 saturated heterocycles. The summed E-state index contributed by atoms with van der Waals surface area (Å²) in [6.07, 6.45) is 3.25. The normalized spacial score (nSPS) is 22.4. The average Bonchev–Trinajstić information content (AvgIpc) is 2.45.